The SMILES string of the molecule is CN(C)C(C(=O)O)c1cnc2c(c1)CCC=CC2. The lowest BCUT2D eigenvalue weighted by Crippen LogP contribution is -2.27. The summed E-state index contributed by atoms with van der Waals surface area (Å²) >= 11 is 0. The van der Waals surface area contributed by atoms with Gasteiger partial charge in [-0.2, -0.15) is 0 Å². The number of allylic oxidation sites excluding steroid dienone is 2. The molecule has 0 spiro atoms. The fraction of sp³-hybridized carbons (Fsp3) is 0.429. The first-order valence-electron chi connectivity index (χ1n) is 6.11. The number of carbonyl (C=O) groups is 1. The number of hydrogen-bond donors (Lipinski definition) is 1. The summed E-state index contributed by atoms with van der Waals surface area (Å²) in [6.45, 7) is 0. The molecule has 0 fully saturated rings. The van der Waals surface area contributed by atoms with Gasteiger partial charge in [0.1, 0.15) is 6.04 Å². The summed E-state index contributed by atoms with van der Waals surface area (Å²) in [5.41, 5.74) is 2.99. The lowest BCUT2D eigenvalue weighted by molar-refractivity contribution is -0.142. The minimum atomic E-state index is -0.839. The Morgan fingerprint density at radius 1 is 1.44 bits per heavy atom. The molecule has 0 saturated heterocycles. The average Bonchev–Trinajstić information content (AvgIpc) is 2.52. The van der Waals surface area contributed by atoms with Crippen molar-refractivity contribution in [2.24, 2.45) is 0 Å². The van der Waals surface area contributed by atoms with Gasteiger partial charge in [0.05, 0.1) is 0 Å². The quantitative estimate of drug-likeness (QED) is 0.826. The van der Waals surface area contributed by atoms with E-state index >= 15 is 0 Å². The maximum Gasteiger partial charge on any atom is 0.325 e. The van der Waals surface area contributed by atoms with Crippen molar-refractivity contribution in [1.29, 1.82) is 0 Å². The highest BCUT2D eigenvalue weighted by Gasteiger charge is 2.23. The van der Waals surface area contributed by atoms with Crippen LogP contribution in [0.15, 0.2) is 24.4 Å². The monoisotopic (exact) mass is 246 g/mol. The van der Waals surface area contributed by atoms with Gasteiger partial charge in [-0.1, -0.05) is 18.2 Å². The largest absolute Gasteiger partial charge is 0.480 e. The number of aryl methyl sites for hydroxylation is 1. The summed E-state index contributed by atoms with van der Waals surface area (Å²) in [5.74, 6) is -0.839. The summed E-state index contributed by atoms with van der Waals surface area (Å²) in [5, 5.41) is 9.27. The lowest BCUT2D eigenvalue weighted by Gasteiger charge is -2.21. The number of carboxylic acid groups (broad SMARTS) is 1. The molecule has 0 radical (unpaired) electrons. The van der Waals surface area contributed by atoms with Gasteiger partial charge in [-0.3, -0.25) is 14.7 Å². The molecule has 0 aromatic carbocycles. The Hall–Kier alpha value is -1.68. The van der Waals surface area contributed by atoms with Gasteiger partial charge in [-0.15, -0.1) is 0 Å². The molecule has 0 aliphatic heterocycles. The fourth-order valence-electron chi connectivity index (χ4n) is 2.32. The predicted molar refractivity (Wildman–Crippen MR) is 69.5 cm³/mol. The highest BCUT2D eigenvalue weighted by Crippen LogP contribution is 2.22. The van der Waals surface area contributed by atoms with E-state index in [0.29, 0.717) is 0 Å². The van der Waals surface area contributed by atoms with Crippen molar-refractivity contribution in [1.82, 2.24) is 9.88 Å². The second-order valence-electron chi connectivity index (χ2n) is 4.79. The van der Waals surface area contributed by atoms with Gasteiger partial charge in [0.15, 0.2) is 0 Å². The highest BCUT2D eigenvalue weighted by molar-refractivity contribution is 5.75. The summed E-state index contributed by atoms with van der Waals surface area (Å²) in [4.78, 5) is 17.4. The van der Waals surface area contributed by atoms with Crippen LogP contribution in [0.5, 0.6) is 0 Å². The number of aliphatic carboxylic acids is 1. The zero-order valence-corrected chi connectivity index (χ0v) is 10.8. The van der Waals surface area contributed by atoms with Gasteiger partial charge in [-0.25, -0.2) is 0 Å². The Morgan fingerprint density at radius 2 is 2.22 bits per heavy atom. The summed E-state index contributed by atoms with van der Waals surface area (Å²) in [7, 11) is 3.54. The minimum absolute atomic E-state index is 0.626. The minimum Gasteiger partial charge on any atom is -0.480 e. The van der Waals surface area contributed by atoms with E-state index in [1.807, 2.05) is 6.07 Å². The Morgan fingerprint density at radius 3 is 2.89 bits per heavy atom. The molecule has 96 valence electrons. The van der Waals surface area contributed by atoms with E-state index in [1.54, 1.807) is 25.2 Å². The number of likely N-dealkylation sites (N-methyl/N-ethyl adjacent to an activating group) is 1. The van der Waals surface area contributed by atoms with Crippen molar-refractivity contribution in [3.63, 3.8) is 0 Å². The van der Waals surface area contributed by atoms with Crippen LogP contribution in [0.1, 0.15) is 29.3 Å². The lowest BCUT2D eigenvalue weighted by atomic mass is 10.0. The molecule has 4 nitrogen and oxygen atoms in total. The van der Waals surface area contributed by atoms with Crippen LogP contribution in [0.2, 0.25) is 0 Å². The Labute approximate surface area is 107 Å². The first kappa shape index (κ1) is 12.8. The van der Waals surface area contributed by atoms with Gasteiger partial charge >= 0.3 is 5.97 Å². The summed E-state index contributed by atoms with van der Waals surface area (Å²) in [6.07, 6.45) is 8.75. The molecular weight excluding hydrogens is 228 g/mol. The molecule has 2 rings (SSSR count). The third-order valence-corrected chi connectivity index (χ3v) is 3.21. The standard InChI is InChI=1S/C14H18N2O2/c1-16(2)13(14(17)18)11-8-10-6-4-3-5-7-12(10)15-9-11/h3,5,8-9,13H,4,6-7H2,1-2H3,(H,17,18). The highest BCUT2D eigenvalue weighted by atomic mass is 16.4. The van der Waals surface area contributed by atoms with Crippen molar-refractivity contribution in [2.45, 2.75) is 25.3 Å². The van der Waals surface area contributed by atoms with Gasteiger partial charge < -0.3 is 5.11 Å². The average molecular weight is 246 g/mol. The van der Waals surface area contributed by atoms with E-state index in [4.69, 9.17) is 0 Å². The molecular formula is C14H18N2O2. The molecule has 0 bridgehead atoms. The van der Waals surface area contributed by atoms with Crippen LogP contribution in [0.3, 0.4) is 0 Å². The molecule has 1 aromatic heterocycles. The van der Waals surface area contributed by atoms with Crippen LogP contribution in [-0.2, 0) is 17.6 Å². The molecule has 1 N–H and O–H groups in total. The number of fused-ring (bicyclic) bond motifs is 1. The molecule has 1 heterocycles. The molecule has 1 unspecified atom stereocenters. The maximum absolute atomic E-state index is 11.3. The zero-order valence-electron chi connectivity index (χ0n) is 10.8. The first-order valence-corrected chi connectivity index (χ1v) is 6.11. The van der Waals surface area contributed by atoms with E-state index in [1.165, 1.54) is 5.56 Å². The van der Waals surface area contributed by atoms with Crippen molar-refractivity contribution in [2.75, 3.05) is 14.1 Å². The van der Waals surface area contributed by atoms with Gasteiger partial charge in [0, 0.05) is 18.3 Å². The molecule has 0 amide bonds. The molecule has 0 saturated carbocycles. The number of nitrogens with zero attached hydrogens (tertiary/aromatic N) is 2. The van der Waals surface area contributed by atoms with Crippen LogP contribution >= 0.6 is 0 Å². The van der Waals surface area contributed by atoms with Gasteiger partial charge in [-0.05, 0) is 38.1 Å². The molecule has 18 heavy (non-hydrogen) atoms. The Kier molecular flexibility index (Phi) is 3.77. The van der Waals surface area contributed by atoms with Crippen LogP contribution in [0, 0.1) is 0 Å². The van der Waals surface area contributed by atoms with E-state index < -0.39 is 12.0 Å². The van der Waals surface area contributed by atoms with Crippen molar-refractivity contribution in [3.8, 4) is 0 Å². The Bertz CT molecular complexity index is 481. The van der Waals surface area contributed by atoms with Crippen LogP contribution in [0.25, 0.3) is 0 Å². The number of carboxylic acids is 1. The zero-order chi connectivity index (χ0) is 13.1. The molecule has 1 aromatic rings. The second-order valence-corrected chi connectivity index (χ2v) is 4.79. The third-order valence-electron chi connectivity index (χ3n) is 3.21. The van der Waals surface area contributed by atoms with E-state index in [2.05, 4.69) is 17.1 Å². The summed E-state index contributed by atoms with van der Waals surface area (Å²) in [6, 6.07) is 1.37. The topological polar surface area (TPSA) is 53.4 Å². The van der Waals surface area contributed by atoms with Crippen LogP contribution in [-0.4, -0.2) is 35.1 Å². The normalized spacial score (nSPS) is 16.2. The smallest absolute Gasteiger partial charge is 0.325 e. The molecule has 1 aliphatic rings. The van der Waals surface area contributed by atoms with E-state index in [9.17, 15) is 9.90 Å². The maximum atomic E-state index is 11.3. The predicted octanol–water partition coefficient (Wildman–Crippen LogP) is 1.81. The second kappa shape index (κ2) is 5.31. The van der Waals surface area contributed by atoms with E-state index in [-0.39, 0.29) is 0 Å². The first-order chi connectivity index (χ1) is 8.59. The van der Waals surface area contributed by atoms with Crippen molar-refractivity contribution in [3.05, 3.63) is 41.2 Å². The van der Waals surface area contributed by atoms with Crippen LogP contribution in [0.4, 0.5) is 0 Å². The summed E-state index contributed by atoms with van der Waals surface area (Å²) < 4.78 is 0. The number of rotatable bonds is 3. The van der Waals surface area contributed by atoms with Crippen molar-refractivity contribution < 1.29 is 9.90 Å². The van der Waals surface area contributed by atoms with Gasteiger partial charge in [0.25, 0.3) is 0 Å². The number of pyridine rings is 1. The van der Waals surface area contributed by atoms with Gasteiger partial charge in [0.2, 0.25) is 0 Å². The molecule has 1 atom stereocenters. The Balaban J connectivity index is 2.36. The third kappa shape index (κ3) is 2.59. The number of aromatic nitrogens is 1. The molecule has 1 aliphatic carbocycles. The van der Waals surface area contributed by atoms with Crippen LogP contribution < -0.4 is 0 Å². The fourth-order valence-corrected chi connectivity index (χ4v) is 2.32. The van der Waals surface area contributed by atoms with E-state index in [0.717, 1.165) is 30.5 Å². The number of hydrogen-bond acceptors (Lipinski definition) is 3. The van der Waals surface area contributed by atoms with Crippen molar-refractivity contribution >= 4 is 5.97 Å². The molecule has 4 heteroatoms.